The zero-order valence-corrected chi connectivity index (χ0v) is 8.28. The number of hydrogen-bond donors (Lipinski definition) is 0. The van der Waals surface area contributed by atoms with Crippen LogP contribution >= 0.6 is 0 Å². The second-order valence-electron chi connectivity index (χ2n) is 3.66. The van der Waals surface area contributed by atoms with E-state index in [2.05, 4.69) is 21.2 Å². The van der Waals surface area contributed by atoms with Crippen LogP contribution in [0.15, 0.2) is 43.1 Å². The molecule has 5 nitrogen and oxygen atoms in total. The fourth-order valence-corrected chi connectivity index (χ4v) is 2.11. The number of nitrogens with zero attached hydrogens (tertiary/aromatic N) is 5. The summed E-state index contributed by atoms with van der Waals surface area (Å²) in [5.74, 6) is 0. The minimum atomic E-state index is 0.864. The molecule has 0 bridgehead atoms. The van der Waals surface area contributed by atoms with Gasteiger partial charge >= 0.3 is 0 Å². The van der Waals surface area contributed by atoms with Crippen LogP contribution in [0.5, 0.6) is 0 Å². The molecular weight excluding hydrogens is 202 g/mol. The number of fused-ring (bicyclic) bond motifs is 6. The van der Waals surface area contributed by atoms with E-state index in [-0.39, 0.29) is 0 Å². The maximum Gasteiger partial charge on any atom is 0.171 e. The first-order valence-corrected chi connectivity index (χ1v) is 4.98. The summed E-state index contributed by atoms with van der Waals surface area (Å²) in [6.07, 6.45) is 5.32. The van der Waals surface area contributed by atoms with Crippen LogP contribution in [-0.4, -0.2) is 24.0 Å². The van der Waals surface area contributed by atoms with Gasteiger partial charge < -0.3 is 0 Å². The Labute approximate surface area is 90.0 Å². The molecule has 0 radical (unpaired) electrons. The van der Waals surface area contributed by atoms with Crippen LogP contribution in [0.25, 0.3) is 22.2 Å². The fourth-order valence-electron chi connectivity index (χ4n) is 2.11. The molecule has 0 unspecified atom stereocenters. The van der Waals surface area contributed by atoms with Crippen molar-refractivity contribution in [2.75, 3.05) is 0 Å². The molecule has 0 spiro atoms. The SMILES string of the molecule is c1ccc2c(c1)c1nncn1c1cncn21. The van der Waals surface area contributed by atoms with E-state index >= 15 is 0 Å². The molecule has 0 atom stereocenters. The first-order chi connectivity index (χ1) is 7.95. The van der Waals surface area contributed by atoms with Gasteiger partial charge in [-0.2, -0.15) is 0 Å². The number of imidazole rings is 1. The van der Waals surface area contributed by atoms with Crippen LogP contribution in [0.4, 0.5) is 0 Å². The first-order valence-electron chi connectivity index (χ1n) is 4.98. The van der Waals surface area contributed by atoms with Gasteiger partial charge in [0.05, 0.1) is 11.7 Å². The number of rotatable bonds is 0. The minimum absolute atomic E-state index is 0.864. The second-order valence-corrected chi connectivity index (χ2v) is 3.66. The summed E-state index contributed by atoms with van der Waals surface area (Å²) in [6.45, 7) is 0. The Balaban J connectivity index is 2.51. The van der Waals surface area contributed by atoms with Crippen molar-refractivity contribution in [2.24, 2.45) is 0 Å². The molecule has 0 N–H and O–H groups in total. The van der Waals surface area contributed by atoms with E-state index in [0.29, 0.717) is 0 Å². The monoisotopic (exact) mass is 209 g/mol. The molecule has 0 aliphatic rings. The highest BCUT2D eigenvalue weighted by Gasteiger charge is 2.08. The summed E-state index contributed by atoms with van der Waals surface area (Å²) in [6, 6.07) is 8.10. The summed E-state index contributed by atoms with van der Waals surface area (Å²) >= 11 is 0. The lowest BCUT2D eigenvalue weighted by Gasteiger charge is -2.04. The molecule has 16 heavy (non-hydrogen) atoms. The van der Waals surface area contributed by atoms with Crippen LogP contribution in [0.3, 0.4) is 0 Å². The zero-order valence-electron chi connectivity index (χ0n) is 8.28. The highest BCUT2D eigenvalue weighted by molar-refractivity contribution is 5.93. The summed E-state index contributed by atoms with van der Waals surface area (Å²) in [4.78, 5) is 4.17. The van der Waals surface area contributed by atoms with Crippen LogP contribution in [0.2, 0.25) is 0 Å². The predicted molar refractivity (Wildman–Crippen MR) is 59.2 cm³/mol. The Hall–Kier alpha value is -2.43. The summed E-state index contributed by atoms with van der Waals surface area (Å²) in [5.41, 5.74) is 2.93. The lowest BCUT2D eigenvalue weighted by molar-refractivity contribution is 1.10. The van der Waals surface area contributed by atoms with E-state index < -0.39 is 0 Å². The molecule has 3 heterocycles. The Morgan fingerprint density at radius 1 is 1.00 bits per heavy atom. The number of aromatic nitrogens is 5. The van der Waals surface area contributed by atoms with Gasteiger partial charge in [0.1, 0.15) is 18.3 Å². The van der Waals surface area contributed by atoms with Crippen molar-refractivity contribution in [3.63, 3.8) is 0 Å². The van der Waals surface area contributed by atoms with E-state index in [1.807, 2.05) is 33.2 Å². The number of hydrogen-bond acceptors (Lipinski definition) is 3. The Morgan fingerprint density at radius 3 is 2.94 bits per heavy atom. The Bertz CT molecular complexity index is 742. The Kier molecular flexibility index (Phi) is 1.26. The highest BCUT2D eigenvalue weighted by atomic mass is 15.3. The van der Waals surface area contributed by atoms with Crippen molar-refractivity contribution >= 4 is 22.2 Å². The lowest BCUT2D eigenvalue weighted by Crippen LogP contribution is -1.94. The van der Waals surface area contributed by atoms with Gasteiger partial charge in [-0.25, -0.2) is 4.98 Å². The summed E-state index contributed by atoms with van der Waals surface area (Å²) < 4.78 is 3.97. The summed E-state index contributed by atoms with van der Waals surface area (Å²) in [7, 11) is 0. The van der Waals surface area contributed by atoms with Gasteiger partial charge in [0.15, 0.2) is 5.65 Å². The molecule has 0 amide bonds. The van der Waals surface area contributed by atoms with Crippen molar-refractivity contribution in [1.82, 2.24) is 24.0 Å². The van der Waals surface area contributed by atoms with Crippen molar-refractivity contribution in [2.45, 2.75) is 0 Å². The fraction of sp³-hybridized carbons (Fsp3) is 0. The van der Waals surface area contributed by atoms with Crippen molar-refractivity contribution in [3.8, 4) is 0 Å². The largest absolute Gasteiger partial charge is 0.284 e. The number of para-hydroxylation sites is 1. The van der Waals surface area contributed by atoms with E-state index in [1.54, 1.807) is 12.7 Å². The topological polar surface area (TPSA) is 47.5 Å². The Morgan fingerprint density at radius 2 is 1.94 bits per heavy atom. The second kappa shape index (κ2) is 2.57. The zero-order chi connectivity index (χ0) is 10.5. The van der Waals surface area contributed by atoms with E-state index in [1.165, 1.54) is 0 Å². The van der Waals surface area contributed by atoms with Gasteiger partial charge in [-0.1, -0.05) is 12.1 Å². The molecule has 0 fully saturated rings. The molecule has 0 saturated heterocycles. The van der Waals surface area contributed by atoms with E-state index in [9.17, 15) is 0 Å². The van der Waals surface area contributed by atoms with E-state index in [0.717, 1.165) is 22.2 Å². The lowest BCUT2D eigenvalue weighted by atomic mass is 10.2. The quantitative estimate of drug-likeness (QED) is 0.441. The third-order valence-electron chi connectivity index (χ3n) is 2.82. The third kappa shape index (κ3) is 0.785. The smallest absolute Gasteiger partial charge is 0.171 e. The molecule has 5 heteroatoms. The molecule has 3 aromatic heterocycles. The van der Waals surface area contributed by atoms with Crippen LogP contribution in [-0.2, 0) is 0 Å². The normalized spacial score (nSPS) is 11.8. The van der Waals surface area contributed by atoms with Crippen molar-refractivity contribution in [1.29, 1.82) is 0 Å². The first kappa shape index (κ1) is 7.81. The number of benzene rings is 1. The van der Waals surface area contributed by atoms with Crippen molar-refractivity contribution in [3.05, 3.63) is 43.1 Å². The summed E-state index contributed by atoms with van der Waals surface area (Å²) in [5, 5.41) is 9.18. The van der Waals surface area contributed by atoms with Gasteiger partial charge in [-0.15, -0.1) is 10.2 Å². The average molecular weight is 209 g/mol. The average Bonchev–Trinajstić information content (AvgIpc) is 2.98. The minimum Gasteiger partial charge on any atom is -0.284 e. The van der Waals surface area contributed by atoms with Crippen LogP contribution in [0.1, 0.15) is 0 Å². The van der Waals surface area contributed by atoms with Crippen molar-refractivity contribution < 1.29 is 0 Å². The molecule has 0 saturated carbocycles. The maximum atomic E-state index is 4.17. The van der Waals surface area contributed by atoms with Gasteiger partial charge in [0.25, 0.3) is 0 Å². The van der Waals surface area contributed by atoms with Gasteiger partial charge in [-0.05, 0) is 12.1 Å². The molecular formula is C11H7N5. The predicted octanol–water partition coefficient (Wildman–Crippen LogP) is 1.53. The molecule has 0 aliphatic heterocycles. The third-order valence-corrected chi connectivity index (χ3v) is 2.82. The molecule has 0 aliphatic carbocycles. The molecule has 76 valence electrons. The molecule has 4 aromatic rings. The van der Waals surface area contributed by atoms with Crippen LogP contribution in [0, 0.1) is 0 Å². The maximum absolute atomic E-state index is 4.17. The molecule has 1 aromatic carbocycles. The van der Waals surface area contributed by atoms with Crippen LogP contribution < -0.4 is 0 Å². The van der Waals surface area contributed by atoms with Gasteiger partial charge in [0, 0.05) is 5.39 Å². The van der Waals surface area contributed by atoms with Gasteiger partial charge in [0.2, 0.25) is 0 Å². The van der Waals surface area contributed by atoms with Gasteiger partial charge in [-0.3, -0.25) is 8.80 Å². The highest BCUT2D eigenvalue weighted by Crippen LogP contribution is 2.20. The molecule has 4 rings (SSSR count). The standard InChI is InChI=1S/C11H7N5/c1-2-4-9-8(3-1)11-14-13-7-16(11)10-5-12-6-15(9)10/h1-7H. The van der Waals surface area contributed by atoms with E-state index in [4.69, 9.17) is 0 Å².